The first kappa shape index (κ1) is 14.1. The minimum Gasteiger partial charge on any atom is -0.406 e. The molecule has 1 aromatic rings. The smallest absolute Gasteiger partial charge is 0.406 e. The molecule has 0 bridgehead atoms. The maximum absolute atomic E-state index is 12.1. The van der Waals surface area contributed by atoms with Crippen LogP contribution in [-0.4, -0.2) is 11.1 Å². The van der Waals surface area contributed by atoms with Crippen LogP contribution in [0, 0.1) is 0 Å². The molecule has 1 aliphatic rings. The van der Waals surface area contributed by atoms with Gasteiger partial charge >= 0.3 is 6.36 Å². The van der Waals surface area contributed by atoms with Gasteiger partial charge < -0.3 is 4.74 Å². The van der Waals surface area contributed by atoms with Crippen molar-refractivity contribution in [2.24, 2.45) is 0 Å². The number of benzene rings is 1. The van der Waals surface area contributed by atoms with E-state index in [0.29, 0.717) is 6.42 Å². The minimum absolute atomic E-state index is 0.140. The first-order valence-electron chi connectivity index (χ1n) is 5.76. The summed E-state index contributed by atoms with van der Waals surface area (Å²) in [4.78, 5) is 1.09. The molecule has 0 amide bonds. The molecule has 0 aromatic heterocycles. The van der Waals surface area contributed by atoms with E-state index in [1.807, 2.05) is 37.3 Å². The van der Waals surface area contributed by atoms with Crippen LogP contribution in [0.4, 0.5) is 13.2 Å². The van der Waals surface area contributed by atoms with Crippen molar-refractivity contribution in [3.63, 3.8) is 0 Å². The summed E-state index contributed by atoms with van der Waals surface area (Å²) < 4.78 is 39.9. The highest BCUT2D eigenvalue weighted by Crippen LogP contribution is 2.40. The fourth-order valence-corrected chi connectivity index (χ4v) is 2.87. The molecule has 0 N–H and O–H groups in total. The third kappa shape index (κ3) is 4.35. The van der Waals surface area contributed by atoms with Crippen LogP contribution in [0.5, 0.6) is 0 Å². The molecule has 0 aliphatic heterocycles. The summed E-state index contributed by atoms with van der Waals surface area (Å²) >= 11 is 1.62. The Morgan fingerprint density at radius 3 is 2.42 bits per heavy atom. The van der Waals surface area contributed by atoms with Crippen LogP contribution in [0.1, 0.15) is 13.3 Å². The summed E-state index contributed by atoms with van der Waals surface area (Å²) in [6, 6.07) is 9.77. The van der Waals surface area contributed by atoms with Crippen molar-refractivity contribution in [1.29, 1.82) is 0 Å². The SMILES string of the molecule is CC1(Sc2ccccc2)C=CC(OC(F)(F)F)=CC1. The van der Waals surface area contributed by atoms with Gasteiger partial charge in [0, 0.05) is 9.64 Å². The van der Waals surface area contributed by atoms with E-state index in [1.54, 1.807) is 17.8 Å². The predicted molar refractivity (Wildman–Crippen MR) is 69.7 cm³/mol. The number of hydrogen-bond acceptors (Lipinski definition) is 2. The van der Waals surface area contributed by atoms with Crippen molar-refractivity contribution in [3.8, 4) is 0 Å². The van der Waals surface area contributed by atoms with Crippen molar-refractivity contribution in [2.45, 2.75) is 29.3 Å². The van der Waals surface area contributed by atoms with Gasteiger partial charge in [0.2, 0.25) is 0 Å². The number of halogens is 3. The van der Waals surface area contributed by atoms with Gasteiger partial charge in [0.25, 0.3) is 0 Å². The normalized spacial score (nSPS) is 23.1. The lowest BCUT2D eigenvalue weighted by Crippen LogP contribution is -2.20. The Hall–Kier alpha value is -1.36. The molecular formula is C14H13F3OS. The molecule has 0 spiro atoms. The average molecular weight is 286 g/mol. The van der Waals surface area contributed by atoms with Crippen LogP contribution < -0.4 is 0 Å². The minimum atomic E-state index is -4.63. The van der Waals surface area contributed by atoms with Gasteiger partial charge in [-0.2, -0.15) is 0 Å². The molecule has 1 nitrogen and oxygen atoms in total. The van der Waals surface area contributed by atoms with Crippen LogP contribution >= 0.6 is 11.8 Å². The number of rotatable bonds is 3. The quantitative estimate of drug-likeness (QED) is 0.780. The van der Waals surface area contributed by atoms with Crippen molar-refractivity contribution in [1.82, 2.24) is 0 Å². The standard InChI is InChI=1S/C14H13F3OS/c1-13(19-12-5-3-2-4-6-12)9-7-11(8-10-13)18-14(15,16)17/h2-9H,10H2,1H3. The highest BCUT2D eigenvalue weighted by Gasteiger charge is 2.33. The fourth-order valence-electron chi connectivity index (χ4n) is 1.74. The molecule has 102 valence electrons. The number of alkyl halides is 3. The van der Waals surface area contributed by atoms with Gasteiger partial charge in [0.1, 0.15) is 5.76 Å². The lowest BCUT2D eigenvalue weighted by atomic mass is 10.0. The lowest BCUT2D eigenvalue weighted by Gasteiger charge is -2.27. The number of hydrogen-bond donors (Lipinski definition) is 0. The van der Waals surface area contributed by atoms with Crippen molar-refractivity contribution >= 4 is 11.8 Å². The molecule has 0 radical (unpaired) electrons. The van der Waals surface area contributed by atoms with E-state index in [2.05, 4.69) is 4.74 Å². The topological polar surface area (TPSA) is 9.23 Å². The summed E-state index contributed by atoms with van der Waals surface area (Å²) in [6.45, 7) is 1.99. The van der Waals surface area contributed by atoms with E-state index in [9.17, 15) is 13.2 Å². The molecule has 19 heavy (non-hydrogen) atoms. The van der Waals surface area contributed by atoms with Gasteiger partial charge in [-0.3, -0.25) is 0 Å². The van der Waals surface area contributed by atoms with Crippen LogP contribution in [-0.2, 0) is 4.74 Å². The first-order chi connectivity index (χ1) is 8.86. The van der Waals surface area contributed by atoms with E-state index in [0.717, 1.165) is 4.90 Å². The maximum Gasteiger partial charge on any atom is 0.573 e. The molecule has 0 heterocycles. The summed E-state index contributed by atoms with van der Waals surface area (Å²) in [6.07, 6.45) is 0.479. The number of thioether (sulfide) groups is 1. The Morgan fingerprint density at radius 2 is 1.89 bits per heavy atom. The summed E-state index contributed by atoms with van der Waals surface area (Å²) in [5.41, 5.74) is 0. The molecule has 0 fully saturated rings. The summed E-state index contributed by atoms with van der Waals surface area (Å²) in [5.74, 6) is -0.140. The van der Waals surface area contributed by atoms with E-state index in [4.69, 9.17) is 0 Å². The van der Waals surface area contributed by atoms with Gasteiger partial charge in [-0.15, -0.1) is 24.9 Å². The van der Waals surface area contributed by atoms with Crippen LogP contribution in [0.2, 0.25) is 0 Å². The Labute approximate surface area is 114 Å². The molecule has 1 unspecified atom stereocenters. The Balaban J connectivity index is 2.01. The second kappa shape index (κ2) is 5.33. The van der Waals surface area contributed by atoms with E-state index < -0.39 is 6.36 Å². The zero-order chi connectivity index (χ0) is 13.9. The molecule has 0 saturated heterocycles. The second-order valence-corrected chi connectivity index (χ2v) is 6.03. The average Bonchev–Trinajstić information content (AvgIpc) is 2.32. The number of ether oxygens (including phenoxy) is 1. The van der Waals surface area contributed by atoms with Crippen LogP contribution in [0.3, 0.4) is 0 Å². The van der Waals surface area contributed by atoms with Gasteiger partial charge in [-0.1, -0.05) is 24.3 Å². The van der Waals surface area contributed by atoms with E-state index in [-0.39, 0.29) is 10.5 Å². The lowest BCUT2D eigenvalue weighted by molar-refractivity contribution is -0.303. The molecule has 1 atom stereocenters. The third-order valence-corrected chi connectivity index (χ3v) is 3.91. The first-order valence-corrected chi connectivity index (χ1v) is 6.57. The number of allylic oxidation sites excluding steroid dienone is 2. The van der Waals surface area contributed by atoms with Crippen LogP contribution in [0.25, 0.3) is 0 Å². The van der Waals surface area contributed by atoms with Gasteiger partial charge in [0.05, 0.1) is 0 Å². The molecule has 2 rings (SSSR count). The Kier molecular flexibility index (Phi) is 3.94. The maximum atomic E-state index is 12.1. The zero-order valence-electron chi connectivity index (χ0n) is 10.3. The highest BCUT2D eigenvalue weighted by molar-refractivity contribution is 8.00. The predicted octanol–water partition coefficient (Wildman–Crippen LogP) is 4.92. The molecule has 0 saturated carbocycles. The monoisotopic (exact) mass is 286 g/mol. The van der Waals surface area contributed by atoms with Crippen molar-refractivity contribution in [2.75, 3.05) is 0 Å². The van der Waals surface area contributed by atoms with E-state index >= 15 is 0 Å². The molecule has 5 heteroatoms. The molecule has 1 aliphatic carbocycles. The van der Waals surface area contributed by atoms with Crippen LogP contribution in [0.15, 0.2) is 59.2 Å². The van der Waals surface area contributed by atoms with Crippen molar-refractivity contribution < 1.29 is 17.9 Å². The second-order valence-electron chi connectivity index (χ2n) is 4.42. The zero-order valence-corrected chi connectivity index (χ0v) is 11.1. The third-order valence-electron chi connectivity index (χ3n) is 2.64. The molecule has 1 aromatic carbocycles. The Bertz CT molecular complexity index is 493. The van der Waals surface area contributed by atoms with Gasteiger partial charge in [0.15, 0.2) is 0 Å². The molecular weight excluding hydrogens is 273 g/mol. The van der Waals surface area contributed by atoms with E-state index in [1.165, 1.54) is 12.2 Å². The highest BCUT2D eigenvalue weighted by atomic mass is 32.2. The Morgan fingerprint density at radius 1 is 1.21 bits per heavy atom. The summed E-state index contributed by atoms with van der Waals surface area (Å²) in [7, 11) is 0. The van der Waals surface area contributed by atoms with Crippen molar-refractivity contribution in [3.05, 3.63) is 54.3 Å². The van der Waals surface area contributed by atoms with Gasteiger partial charge in [-0.25, -0.2) is 0 Å². The van der Waals surface area contributed by atoms with Gasteiger partial charge in [-0.05, 0) is 37.6 Å². The largest absolute Gasteiger partial charge is 0.573 e. The fraction of sp³-hybridized carbons (Fsp3) is 0.286. The summed E-state index contributed by atoms with van der Waals surface area (Å²) in [5, 5.41) is 0.